The van der Waals surface area contributed by atoms with Crippen molar-refractivity contribution in [3.05, 3.63) is 239 Å². The Morgan fingerprint density at radius 1 is 0.392 bits per heavy atom. The van der Waals surface area contributed by atoms with Gasteiger partial charge in [-0.1, -0.05) is 182 Å². The predicted octanol–water partition coefficient (Wildman–Crippen LogP) is 17.1. The van der Waals surface area contributed by atoms with Crippen molar-refractivity contribution >= 4 is 43.6 Å². The van der Waals surface area contributed by atoms with Gasteiger partial charge in [0.25, 0.3) is 0 Å². The van der Waals surface area contributed by atoms with Crippen LogP contribution in [0.5, 0.6) is 0 Å². The van der Waals surface area contributed by atoms with Crippen LogP contribution in [0.2, 0.25) is 0 Å². The van der Waals surface area contributed by atoms with Crippen molar-refractivity contribution in [1.82, 2.24) is 19.1 Å². The maximum Gasteiger partial charge on any atom is 0.137 e. The van der Waals surface area contributed by atoms with E-state index in [1.807, 2.05) is 24.7 Å². The Labute approximate surface area is 431 Å². The van der Waals surface area contributed by atoms with Gasteiger partial charge in [0, 0.05) is 78.6 Å². The van der Waals surface area contributed by atoms with E-state index in [4.69, 9.17) is 4.98 Å². The normalized spacial score (nSPS) is 17.6. The summed E-state index contributed by atoms with van der Waals surface area (Å²) in [6.07, 6.45) is 6.66. The van der Waals surface area contributed by atoms with Crippen LogP contribution in [0.1, 0.15) is 98.5 Å². The van der Waals surface area contributed by atoms with Gasteiger partial charge in [-0.2, -0.15) is 0 Å². The average molecular weight is 951 g/mol. The molecule has 4 heteroatoms. The maximum atomic E-state index is 5.10. The molecule has 16 rings (SSSR count). The van der Waals surface area contributed by atoms with Crippen molar-refractivity contribution in [3.63, 3.8) is 0 Å². The Morgan fingerprint density at radius 3 is 1.50 bits per heavy atom. The first-order chi connectivity index (χ1) is 35.9. The molecule has 0 amide bonds. The molecule has 4 heterocycles. The summed E-state index contributed by atoms with van der Waals surface area (Å²) in [5, 5.41) is 5.25. The Morgan fingerprint density at radius 2 is 0.878 bits per heavy atom. The highest BCUT2D eigenvalue weighted by atomic mass is 15.1. The molecule has 0 radical (unpaired) electrons. The summed E-state index contributed by atoms with van der Waals surface area (Å²) in [6.45, 7) is 17.3. The van der Waals surface area contributed by atoms with E-state index in [0.717, 1.165) is 17.9 Å². The third-order valence-corrected chi connectivity index (χ3v) is 18.6. The second-order valence-corrected chi connectivity index (χ2v) is 23.4. The summed E-state index contributed by atoms with van der Waals surface area (Å²) in [5.41, 5.74) is 28.4. The summed E-state index contributed by atoms with van der Waals surface area (Å²) in [6, 6.07) is 64.3. The topological polar surface area (TPSA) is 35.6 Å². The number of hydrogen-bond donors (Lipinski definition) is 0. The Balaban J connectivity index is 1.03. The molecule has 4 aromatic heterocycles. The van der Waals surface area contributed by atoms with Crippen molar-refractivity contribution in [2.75, 3.05) is 0 Å². The molecule has 354 valence electrons. The van der Waals surface area contributed by atoms with Gasteiger partial charge in [-0.05, 0) is 126 Å². The Bertz CT molecular complexity index is 4490. The summed E-state index contributed by atoms with van der Waals surface area (Å²) >= 11 is 0. The fourth-order valence-corrected chi connectivity index (χ4v) is 15.7. The molecule has 4 aliphatic rings. The number of nitrogens with zero attached hydrogens (tertiary/aromatic N) is 4. The van der Waals surface area contributed by atoms with Crippen LogP contribution in [-0.2, 0) is 28.1 Å². The number of pyridine rings is 2. The van der Waals surface area contributed by atoms with Crippen molar-refractivity contribution in [2.45, 2.75) is 76.5 Å². The SMILES string of the molecule is CC1(C)c2ccccc2-c2c1c1c(c3c4ccc(CC5(C)c6ccccc6-c6c5c5c(c7c8ccccc8n(-c8ccccn8)c67)C(C)(C)c6ccccc6-5)cc4n(-c4ccncc4)c23)C(C)(C)c2ccccc2-1. The first-order valence-corrected chi connectivity index (χ1v) is 26.5. The monoisotopic (exact) mass is 950 g/mol. The lowest BCUT2D eigenvalue weighted by atomic mass is 9.71. The third-order valence-electron chi connectivity index (χ3n) is 18.6. The van der Waals surface area contributed by atoms with Gasteiger partial charge in [0.15, 0.2) is 0 Å². The van der Waals surface area contributed by atoms with Crippen LogP contribution in [0, 0.1) is 0 Å². The van der Waals surface area contributed by atoms with Crippen molar-refractivity contribution in [1.29, 1.82) is 0 Å². The Hall–Kier alpha value is -8.34. The highest BCUT2D eigenvalue weighted by molar-refractivity contribution is 6.23. The molecule has 4 aliphatic carbocycles. The van der Waals surface area contributed by atoms with E-state index in [9.17, 15) is 0 Å². The molecule has 0 aliphatic heterocycles. The number of rotatable bonds is 4. The Kier molecular flexibility index (Phi) is 8.00. The summed E-state index contributed by atoms with van der Waals surface area (Å²) in [5.74, 6) is 0.935. The molecule has 0 N–H and O–H groups in total. The van der Waals surface area contributed by atoms with Crippen LogP contribution in [0.4, 0.5) is 0 Å². The lowest BCUT2D eigenvalue weighted by Gasteiger charge is -2.31. The number of fused-ring (bicyclic) bond motifs is 24. The van der Waals surface area contributed by atoms with Crippen LogP contribution >= 0.6 is 0 Å². The zero-order valence-electron chi connectivity index (χ0n) is 42.9. The summed E-state index contributed by atoms with van der Waals surface area (Å²) in [7, 11) is 0. The van der Waals surface area contributed by atoms with E-state index in [-0.39, 0.29) is 16.2 Å². The van der Waals surface area contributed by atoms with Crippen molar-refractivity contribution in [3.8, 4) is 56.0 Å². The average Bonchev–Trinajstić information content (AvgIpc) is 4.40. The van der Waals surface area contributed by atoms with E-state index in [1.165, 1.54) is 138 Å². The molecule has 12 aromatic rings. The van der Waals surface area contributed by atoms with Crippen LogP contribution < -0.4 is 0 Å². The number of hydrogen-bond acceptors (Lipinski definition) is 2. The lowest BCUT2D eigenvalue weighted by Crippen LogP contribution is -2.25. The second kappa shape index (κ2) is 14.0. The fraction of sp³-hybridized carbons (Fsp3) is 0.171. The standard InChI is InChI=1S/C70H54N4/c1-67(2)48-25-13-8-20-42(48)55-61-57(44-22-10-15-27-50(44)69(61,5)6)65-60(62(55)67)47-32-31-40(38-53(47)73(65)41-33-36-71-37-34-41)39-70(7)51-28-16-11-23-45(51)58-64(70)56-43-21-9-14-26-49(43)68(3,4)63(56)59-46-24-12-17-29-52(46)74(66(58)59)54-30-18-19-35-72-54/h8-38H,39H2,1-7H3. The van der Waals surface area contributed by atoms with Crippen molar-refractivity contribution in [2.24, 2.45) is 0 Å². The molecular formula is C70H54N4. The van der Waals surface area contributed by atoms with Gasteiger partial charge in [0.05, 0.1) is 22.1 Å². The largest absolute Gasteiger partial charge is 0.308 e. The molecule has 8 aromatic carbocycles. The van der Waals surface area contributed by atoms with Gasteiger partial charge < -0.3 is 4.57 Å². The van der Waals surface area contributed by atoms with Crippen molar-refractivity contribution < 1.29 is 0 Å². The van der Waals surface area contributed by atoms with E-state index in [1.54, 1.807) is 0 Å². The van der Waals surface area contributed by atoms with Crippen LogP contribution in [0.15, 0.2) is 188 Å². The fourth-order valence-electron chi connectivity index (χ4n) is 15.7. The molecule has 74 heavy (non-hydrogen) atoms. The molecule has 0 fully saturated rings. The van der Waals surface area contributed by atoms with E-state index < -0.39 is 5.41 Å². The van der Waals surface area contributed by atoms with Gasteiger partial charge in [-0.3, -0.25) is 9.55 Å². The van der Waals surface area contributed by atoms with Gasteiger partial charge in [-0.15, -0.1) is 0 Å². The smallest absolute Gasteiger partial charge is 0.137 e. The van der Waals surface area contributed by atoms with Gasteiger partial charge >= 0.3 is 0 Å². The van der Waals surface area contributed by atoms with E-state index >= 15 is 0 Å². The first-order valence-electron chi connectivity index (χ1n) is 26.5. The van der Waals surface area contributed by atoms with Gasteiger partial charge in [-0.25, -0.2) is 4.98 Å². The minimum absolute atomic E-state index is 0.221. The highest BCUT2D eigenvalue weighted by Crippen LogP contribution is 2.66. The van der Waals surface area contributed by atoms with Crippen LogP contribution in [0.25, 0.3) is 99.6 Å². The molecule has 0 saturated carbocycles. The predicted molar refractivity (Wildman–Crippen MR) is 305 cm³/mol. The molecule has 0 saturated heterocycles. The third kappa shape index (κ3) is 4.95. The number of para-hydroxylation sites is 1. The highest BCUT2D eigenvalue weighted by Gasteiger charge is 2.51. The van der Waals surface area contributed by atoms with E-state index in [2.05, 4.69) is 226 Å². The first kappa shape index (κ1) is 42.2. The summed E-state index contributed by atoms with van der Waals surface area (Å²) < 4.78 is 5.08. The maximum absolute atomic E-state index is 5.10. The zero-order valence-corrected chi connectivity index (χ0v) is 42.9. The summed E-state index contributed by atoms with van der Waals surface area (Å²) in [4.78, 5) is 9.69. The second-order valence-electron chi connectivity index (χ2n) is 23.4. The van der Waals surface area contributed by atoms with Gasteiger partial charge in [0.2, 0.25) is 0 Å². The quantitative estimate of drug-likeness (QED) is 0.176. The molecule has 1 atom stereocenters. The number of benzene rings is 8. The molecule has 0 spiro atoms. The van der Waals surface area contributed by atoms with Crippen LogP contribution in [-0.4, -0.2) is 19.1 Å². The molecule has 0 bridgehead atoms. The minimum Gasteiger partial charge on any atom is -0.308 e. The molecule has 1 unspecified atom stereocenters. The van der Waals surface area contributed by atoms with E-state index in [0.29, 0.717) is 0 Å². The lowest BCUT2D eigenvalue weighted by molar-refractivity contribution is 0.583. The van der Waals surface area contributed by atoms with Gasteiger partial charge in [0.1, 0.15) is 5.82 Å². The number of aromatic nitrogens is 4. The minimum atomic E-state index is -0.417. The van der Waals surface area contributed by atoms with Crippen LogP contribution in [0.3, 0.4) is 0 Å². The molecule has 4 nitrogen and oxygen atoms in total. The zero-order chi connectivity index (χ0) is 49.8. The molecular weight excluding hydrogens is 897 g/mol.